The summed E-state index contributed by atoms with van der Waals surface area (Å²) in [7, 11) is -3.51. The molecule has 1 aromatic rings. The fourth-order valence-electron chi connectivity index (χ4n) is 2.27. The molecular weight excluding hydrogens is 334 g/mol. The van der Waals surface area contributed by atoms with Gasteiger partial charge in [-0.15, -0.1) is 0 Å². The number of carbonyl (C=O) groups is 1. The average Bonchev–Trinajstić information content (AvgIpc) is 2.56. The molecule has 0 amide bonds. The van der Waals surface area contributed by atoms with E-state index >= 15 is 0 Å². The third-order valence-electron chi connectivity index (χ3n) is 3.79. The molecule has 2 rings (SSSR count). The third kappa shape index (κ3) is 5.10. The molecule has 134 valence electrons. The molecular formula is C16H23NO6S. The van der Waals surface area contributed by atoms with Crippen LogP contribution in [0.25, 0.3) is 0 Å². The summed E-state index contributed by atoms with van der Waals surface area (Å²) in [6.45, 7) is 3.92. The van der Waals surface area contributed by atoms with Gasteiger partial charge in [-0.25, -0.2) is 13.1 Å². The Morgan fingerprint density at radius 1 is 1.38 bits per heavy atom. The topological polar surface area (TPSA) is 90.9 Å². The molecule has 1 aromatic carbocycles. The van der Waals surface area contributed by atoms with Gasteiger partial charge in [0.15, 0.2) is 17.6 Å². The number of hydrogen-bond acceptors (Lipinski definition) is 6. The Morgan fingerprint density at radius 2 is 2.04 bits per heavy atom. The number of benzene rings is 1. The third-order valence-corrected chi connectivity index (χ3v) is 4.47. The lowest BCUT2D eigenvalue weighted by Gasteiger charge is -2.27. The summed E-state index contributed by atoms with van der Waals surface area (Å²) in [4.78, 5) is 12.3. The van der Waals surface area contributed by atoms with Gasteiger partial charge in [0.2, 0.25) is 10.0 Å². The smallest absolute Gasteiger partial charge is 0.324 e. The van der Waals surface area contributed by atoms with Gasteiger partial charge in [0.25, 0.3) is 0 Å². The van der Waals surface area contributed by atoms with Crippen molar-refractivity contribution in [3.63, 3.8) is 0 Å². The van der Waals surface area contributed by atoms with Crippen LogP contribution in [0.5, 0.6) is 11.5 Å². The Morgan fingerprint density at radius 3 is 2.67 bits per heavy atom. The van der Waals surface area contributed by atoms with Crippen molar-refractivity contribution in [1.29, 1.82) is 0 Å². The van der Waals surface area contributed by atoms with E-state index in [9.17, 15) is 13.2 Å². The van der Waals surface area contributed by atoms with Crippen LogP contribution in [0.15, 0.2) is 24.3 Å². The Labute approximate surface area is 142 Å². The highest BCUT2D eigenvalue weighted by atomic mass is 32.2. The van der Waals surface area contributed by atoms with Crippen LogP contribution in [0.2, 0.25) is 0 Å². The summed E-state index contributed by atoms with van der Waals surface area (Å²) >= 11 is 0. The van der Waals surface area contributed by atoms with Crippen LogP contribution in [0.4, 0.5) is 0 Å². The van der Waals surface area contributed by atoms with E-state index < -0.39 is 28.1 Å². The molecule has 0 saturated heterocycles. The number of sulfonamides is 1. The van der Waals surface area contributed by atoms with Crippen molar-refractivity contribution in [1.82, 2.24) is 4.72 Å². The average molecular weight is 357 g/mol. The lowest BCUT2D eigenvalue weighted by atomic mass is 10.0. The second-order valence-corrected chi connectivity index (χ2v) is 7.66. The molecule has 24 heavy (non-hydrogen) atoms. The van der Waals surface area contributed by atoms with Crippen LogP contribution in [0.1, 0.15) is 20.3 Å². The first-order valence-electron chi connectivity index (χ1n) is 7.82. The number of rotatable bonds is 7. The number of para-hydroxylation sites is 2. The van der Waals surface area contributed by atoms with Crippen LogP contribution in [0, 0.1) is 5.92 Å². The zero-order valence-corrected chi connectivity index (χ0v) is 14.8. The summed E-state index contributed by atoms with van der Waals surface area (Å²) in [6.07, 6.45) is 1.23. The zero-order chi connectivity index (χ0) is 17.7. The van der Waals surface area contributed by atoms with Crippen LogP contribution in [-0.2, 0) is 19.6 Å². The van der Waals surface area contributed by atoms with Gasteiger partial charge in [0.05, 0.1) is 6.26 Å². The molecule has 0 radical (unpaired) electrons. The van der Waals surface area contributed by atoms with Crippen molar-refractivity contribution in [2.75, 3.05) is 19.5 Å². The van der Waals surface area contributed by atoms with Crippen LogP contribution >= 0.6 is 0 Å². The molecule has 0 fully saturated rings. The van der Waals surface area contributed by atoms with Gasteiger partial charge in [0, 0.05) is 0 Å². The van der Waals surface area contributed by atoms with E-state index in [2.05, 4.69) is 4.72 Å². The first-order chi connectivity index (χ1) is 11.3. The zero-order valence-electron chi connectivity index (χ0n) is 14.0. The van der Waals surface area contributed by atoms with E-state index in [1.807, 2.05) is 19.1 Å². The largest absolute Gasteiger partial charge is 0.486 e. The van der Waals surface area contributed by atoms with E-state index in [-0.39, 0.29) is 19.1 Å². The van der Waals surface area contributed by atoms with E-state index in [4.69, 9.17) is 14.2 Å². The molecule has 0 spiro atoms. The first-order valence-corrected chi connectivity index (χ1v) is 9.71. The van der Waals surface area contributed by atoms with Gasteiger partial charge in [-0.2, -0.15) is 0 Å². The Kier molecular flexibility index (Phi) is 6.06. The number of carbonyl (C=O) groups excluding carboxylic acids is 1. The van der Waals surface area contributed by atoms with Crippen molar-refractivity contribution in [3.8, 4) is 11.5 Å². The first kappa shape index (κ1) is 18.5. The molecule has 0 aromatic heterocycles. The second-order valence-electron chi connectivity index (χ2n) is 5.88. The molecule has 7 nitrogen and oxygen atoms in total. The molecule has 1 N–H and O–H groups in total. The molecule has 0 bridgehead atoms. The fourth-order valence-corrected chi connectivity index (χ4v) is 3.06. The molecule has 1 aliphatic heterocycles. The van der Waals surface area contributed by atoms with E-state index in [0.717, 1.165) is 6.26 Å². The van der Waals surface area contributed by atoms with Crippen LogP contribution in [0.3, 0.4) is 0 Å². The second kappa shape index (κ2) is 7.85. The minimum Gasteiger partial charge on any atom is -0.486 e. The molecule has 3 atom stereocenters. The van der Waals surface area contributed by atoms with Gasteiger partial charge >= 0.3 is 5.97 Å². The van der Waals surface area contributed by atoms with Gasteiger partial charge in [-0.05, 0) is 18.1 Å². The van der Waals surface area contributed by atoms with Gasteiger partial charge in [0.1, 0.15) is 19.3 Å². The van der Waals surface area contributed by atoms with Crippen molar-refractivity contribution < 1.29 is 27.4 Å². The summed E-state index contributed by atoms with van der Waals surface area (Å²) in [6, 6.07) is 6.33. The SMILES string of the molecule is CC[C@H](C)[C@H](NS(C)(=O)=O)C(=O)OC[C@H]1COc2ccccc2O1. The van der Waals surface area contributed by atoms with Crippen molar-refractivity contribution in [2.24, 2.45) is 5.92 Å². The lowest BCUT2D eigenvalue weighted by molar-refractivity contribution is -0.150. The predicted octanol–water partition coefficient (Wildman–Crippen LogP) is 1.33. The van der Waals surface area contributed by atoms with Crippen LogP contribution in [-0.4, -0.2) is 46.0 Å². The van der Waals surface area contributed by atoms with Crippen molar-refractivity contribution in [2.45, 2.75) is 32.4 Å². The standard InChI is InChI=1S/C16H23NO6S/c1-4-11(2)15(17-24(3,19)20)16(18)22-10-12-9-21-13-7-5-6-8-14(13)23-12/h5-8,11-12,15,17H,4,9-10H2,1-3H3/t11-,12+,15-/m0/s1. The number of hydrogen-bond donors (Lipinski definition) is 1. The maximum absolute atomic E-state index is 12.3. The maximum Gasteiger partial charge on any atom is 0.324 e. The fraction of sp³-hybridized carbons (Fsp3) is 0.562. The van der Waals surface area contributed by atoms with E-state index in [1.165, 1.54) is 0 Å². The molecule has 0 saturated carbocycles. The number of fused-ring (bicyclic) bond motifs is 1. The molecule has 0 aliphatic carbocycles. The Bertz CT molecular complexity index is 675. The molecule has 0 unspecified atom stereocenters. The summed E-state index contributed by atoms with van der Waals surface area (Å²) in [5, 5.41) is 0. The van der Waals surface area contributed by atoms with E-state index in [0.29, 0.717) is 17.9 Å². The van der Waals surface area contributed by atoms with Gasteiger partial charge in [-0.1, -0.05) is 32.4 Å². The molecule has 1 heterocycles. The Balaban J connectivity index is 1.93. The summed E-state index contributed by atoms with van der Waals surface area (Å²) in [5.41, 5.74) is 0. The predicted molar refractivity (Wildman–Crippen MR) is 88.5 cm³/mol. The number of ether oxygens (including phenoxy) is 3. The van der Waals surface area contributed by atoms with E-state index in [1.54, 1.807) is 19.1 Å². The maximum atomic E-state index is 12.3. The quantitative estimate of drug-likeness (QED) is 0.741. The lowest BCUT2D eigenvalue weighted by Crippen LogP contribution is -2.46. The number of esters is 1. The van der Waals surface area contributed by atoms with Crippen molar-refractivity contribution in [3.05, 3.63) is 24.3 Å². The highest BCUT2D eigenvalue weighted by Gasteiger charge is 2.30. The molecule has 8 heteroatoms. The molecule has 1 aliphatic rings. The van der Waals surface area contributed by atoms with Gasteiger partial charge < -0.3 is 14.2 Å². The summed E-state index contributed by atoms with van der Waals surface area (Å²) in [5.74, 6) is 0.447. The highest BCUT2D eigenvalue weighted by Crippen LogP contribution is 2.30. The minimum atomic E-state index is -3.51. The van der Waals surface area contributed by atoms with Gasteiger partial charge in [-0.3, -0.25) is 4.79 Å². The minimum absolute atomic E-state index is 0.00839. The monoisotopic (exact) mass is 357 g/mol. The Hall–Kier alpha value is -1.80. The van der Waals surface area contributed by atoms with Crippen LogP contribution < -0.4 is 14.2 Å². The van der Waals surface area contributed by atoms with Crippen molar-refractivity contribution >= 4 is 16.0 Å². The number of nitrogens with one attached hydrogen (secondary N) is 1. The normalized spacial score (nSPS) is 19.4. The summed E-state index contributed by atoms with van der Waals surface area (Å²) < 4.78 is 41.7. The highest BCUT2D eigenvalue weighted by molar-refractivity contribution is 7.88.